The normalized spacial score (nSPS) is 11.9. The number of aromatic nitrogens is 1. The van der Waals surface area contributed by atoms with Crippen LogP contribution in [0.5, 0.6) is 5.75 Å². The Morgan fingerprint density at radius 1 is 1.26 bits per heavy atom. The molecule has 0 aliphatic carbocycles. The van der Waals surface area contributed by atoms with Crippen LogP contribution in [-0.2, 0) is 6.54 Å². The second-order valence-electron chi connectivity index (χ2n) is 5.22. The number of hydrogen-bond donors (Lipinski definition) is 0. The predicted octanol–water partition coefficient (Wildman–Crippen LogP) is 3.78. The maximum Gasteiger partial charge on any atom is 0.283 e. The molecule has 0 spiro atoms. The van der Waals surface area contributed by atoms with Crippen LogP contribution in [0.25, 0.3) is 10.2 Å². The van der Waals surface area contributed by atoms with E-state index in [0.29, 0.717) is 16.1 Å². The minimum Gasteiger partial charge on any atom is -0.496 e. The Morgan fingerprint density at radius 2 is 2.04 bits per heavy atom. The number of hydrogen-bond acceptors (Lipinski definition) is 3. The molecule has 118 valence electrons. The van der Waals surface area contributed by atoms with E-state index in [9.17, 15) is 4.79 Å². The largest absolute Gasteiger partial charge is 0.496 e. The zero-order valence-electron chi connectivity index (χ0n) is 13.4. The lowest BCUT2D eigenvalue weighted by Gasteiger charge is -2.04. The van der Waals surface area contributed by atoms with Crippen LogP contribution in [0, 0.1) is 6.92 Å². The van der Waals surface area contributed by atoms with Gasteiger partial charge in [0.05, 0.1) is 22.9 Å². The zero-order chi connectivity index (χ0) is 16.4. The van der Waals surface area contributed by atoms with Crippen LogP contribution in [0.2, 0.25) is 0 Å². The predicted molar refractivity (Wildman–Crippen MR) is 93.1 cm³/mol. The molecule has 1 aromatic heterocycles. The van der Waals surface area contributed by atoms with E-state index in [1.54, 1.807) is 19.2 Å². The van der Waals surface area contributed by atoms with E-state index in [-0.39, 0.29) is 5.91 Å². The molecule has 0 saturated heterocycles. The number of ether oxygens (including phenoxy) is 1. The van der Waals surface area contributed by atoms with Crippen molar-refractivity contribution in [2.75, 3.05) is 7.11 Å². The molecule has 1 amide bonds. The van der Waals surface area contributed by atoms with Gasteiger partial charge >= 0.3 is 0 Å². The van der Waals surface area contributed by atoms with Gasteiger partial charge in [0.25, 0.3) is 5.91 Å². The van der Waals surface area contributed by atoms with Crippen molar-refractivity contribution >= 4 is 27.5 Å². The molecule has 2 aromatic carbocycles. The van der Waals surface area contributed by atoms with Crippen LogP contribution in [-0.4, -0.2) is 17.6 Å². The first-order valence-corrected chi connectivity index (χ1v) is 8.27. The lowest BCUT2D eigenvalue weighted by atomic mass is 10.2. The zero-order valence-corrected chi connectivity index (χ0v) is 14.2. The van der Waals surface area contributed by atoms with E-state index in [1.165, 1.54) is 16.9 Å². The number of nitrogens with zero attached hydrogens (tertiary/aromatic N) is 2. The molecular weight excluding hydrogens is 308 g/mol. The Balaban J connectivity index is 2.15. The Labute approximate surface area is 138 Å². The summed E-state index contributed by atoms with van der Waals surface area (Å²) < 4.78 is 8.45. The van der Waals surface area contributed by atoms with Gasteiger partial charge < -0.3 is 9.30 Å². The summed E-state index contributed by atoms with van der Waals surface area (Å²) in [5.74, 6) is 0.259. The summed E-state index contributed by atoms with van der Waals surface area (Å²) in [5.41, 5.74) is 2.78. The van der Waals surface area contributed by atoms with Crippen molar-refractivity contribution in [2.24, 2.45) is 4.99 Å². The number of rotatable bonds is 3. The molecule has 0 saturated carbocycles. The van der Waals surface area contributed by atoms with Crippen LogP contribution < -0.4 is 9.54 Å². The highest BCUT2D eigenvalue weighted by molar-refractivity contribution is 7.16. The molecule has 3 rings (SSSR count). The average Bonchev–Trinajstić information content (AvgIpc) is 2.90. The molecule has 23 heavy (non-hydrogen) atoms. The Bertz CT molecular complexity index is 938. The van der Waals surface area contributed by atoms with Crippen molar-refractivity contribution in [3.8, 4) is 5.75 Å². The summed E-state index contributed by atoms with van der Waals surface area (Å²) in [5, 5.41) is 0. The van der Waals surface area contributed by atoms with Gasteiger partial charge in [-0.1, -0.05) is 29.5 Å². The van der Waals surface area contributed by atoms with Crippen molar-refractivity contribution < 1.29 is 9.53 Å². The van der Waals surface area contributed by atoms with E-state index in [4.69, 9.17) is 4.74 Å². The highest BCUT2D eigenvalue weighted by Gasteiger charge is 2.12. The first-order valence-electron chi connectivity index (χ1n) is 7.46. The van der Waals surface area contributed by atoms with Gasteiger partial charge in [0.2, 0.25) is 0 Å². The van der Waals surface area contributed by atoms with Gasteiger partial charge in [0.15, 0.2) is 4.80 Å². The summed E-state index contributed by atoms with van der Waals surface area (Å²) >= 11 is 1.53. The Kier molecular flexibility index (Phi) is 4.30. The number of carbonyl (C=O) groups excluding carboxylic acids is 1. The molecule has 0 fully saturated rings. The van der Waals surface area contributed by atoms with Gasteiger partial charge in [-0.15, -0.1) is 0 Å². The lowest BCUT2D eigenvalue weighted by Crippen LogP contribution is -2.16. The molecule has 0 atom stereocenters. The standard InChI is InChI=1S/C18H18N2O2S/c1-4-20-14-10-9-12(2)11-16(14)23-18(20)19-17(21)13-7-5-6-8-15(13)22-3/h5-11H,4H2,1-3H3. The van der Waals surface area contributed by atoms with Crippen LogP contribution >= 0.6 is 11.3 Å². The molecule has 0 bridgehead atoms. The highest BCUT2D eigenvalue weighted by atomic mass is 32.1. The molecule has 5 heteroatoms. The number of methoxy groups -OCH3 is 1. The van der Waals surface area contributed by atoms with Gasteiger partial charge in [-0.25, -0.2) is 0 Å². The Hall–Kier alpha value is -2.40. The third kappa shape index (κ3) is 2.92. The number of fused-ring (bicyclic) bond motifs is 1. The fourth-order valence-corrected chi connectivity index (χ4v) is 3.73. The van der Waals surface area contributed by atoms with Crippen molar-refractivity contribution in [1.82, 2.24) is 4.57 Å². The number of para-hydroxylation sites is 1. The summed E-state index contributed by atoms with van der Waals surface area (Å²) in [6.07, 6.45) is 0. The highest BCUT2D eigenvalue weighted by Crippen LogP contribution is 2.20. The third-order valence-corrected chi connectivity index (χ3v) is 4.73. The molecule has 0 aliphatic heterocycles. The van der Waals surface area contributed by atoms with Crippen LogP contribution in [0.1, 0.15) is 22.8 Å². The van der Waals surface area contributed by atoms with Gasteiger partial charge in [0, 0.05) is 6.54 Å². The van der Waals surface area contributed by atoms with E-state index in [1.807, 2.05) is 12.1 Å². The third-order valence-electron chi connectivity index (χ3n) is 3.69. The van der Waals surface area contributed by atoms with Gasteiger partial charge in [0.1, 0.15) is 5.75 Å². The molecule has 3 aromatic rings. The van der Waals surface area contributed by atoms with Crippen molar-refractivity contribution in [1.29, 1.82) is 0 Å². The number of benzene rings is 2. The van der Waals surface area contributed by atoms with E-state index in [0.717, 1.165) is 16.8 Å². The van der Waals surface area contributed by atoms with Crippen molar-refractivity contribution in [3.05, 3.63) is 58.4 Å². The first kappa shape index (κ1) is 15.5. The monoisotopic (exact) mass is 326 g/mol. The summed E-state index contributed by atoms with van der Waals surface area (Å²) in [7, 11) is 1.56. The van der Waals surface area contributed by atoms with Gasteiger partial charge in [-0.05, 0) is 43.7 Å². The topological polar surface area (TPSA) is 43.6 Å². The van der Waals surface area contributed by atoms with Crippen LogP contribution in [0.4, 0.5) is 0 Å². The summed E-state index contributed by atoms with van der Waals surface area (Å²) in [6.45, 7) is 4.88. The molecule has 4 nitrogen and oxygen atoms in total. The van der Waals surface area contributed by atoms with Crippen LogP contribution in [0.3, 0.4) is 0 Å². The minimum atomic E-state index is -0.284. The minimum absolute atomic E-state index is 0.284. The van der Waals surface area contributed by atoms with Gasteiger partial charge in [-0.3, -0.25) is 4.79 Å². The molecule has 1 heterocycles. The second-order valence-corrected chi connectivity index (χ2v) is 6.23. The molecule has 0 aliphatic rings. The number of aryl methyl sites for hydroxylation is 2. The fraction of sp³-hybridized carbons (Fsp3) is 0.222. The molecule has 0 N–H and O–H groups in total. The first-order chi connectivity index (χ1) is 11.1. The second kappa shape index (κ2) is 6.38. The van der Waals surface area contributed by atoms with Gasteiger partial charge in [-0.2, -0.15) is 4.99 Å². The average molecular weight is 326 g/mol. The SMILES string of the molecule is CCn1c(=NC(=O)c2ccccc2OC)sc2cc(C)ccc21. The van der Waals surface area contributed by atoms with Crippen molar-refractivity contribution in [3.63, 3.8) is 0 Å². The fourth-order valence-electron chi connectivity index (χ4n) is 2.54. The maximum atomic E-state index is 12.6. The maximum absolute atomic E-state index is 12.6. The summed E-state index contributed by atoms with van der Waals surface area (Å²) in [6, 6.07) is 13.4. The number of amides is 1. The van der Waals surface area contributed by atoms with Crippen molar-refractivity contribution in [2.45, 2.75) is 20.4 Å². The van der Waals surface area contributed by atoms with E-state index < -0.39 is 0 Å². The smallest absolute Gasteiger partial charge is 0.283 e. The number of carbonyl (C=O) groups is 1. The molecule has 0 unspecified atom stereocenters. The molecule has 0 radical (unpaired) electrons. The summed E-state index contributed by atoms with van der Waals surface area (Å²) in [4.78, 5) is 17.6. The molecular formula is C18H18N2O2S. The van der Waals surface area contributed by atoms with Crippen LogP contribution in [0.15, 0.2) is 47.5 Å². The Morgan fingerprint density at radius 3 is 2.78 bits per heavy atom. The van der Waals surface area contributed by atoms with E-state index in [2.05, 4.69) is 41.6 Å². The van der Waals surface area contributed by atoms with E-state index >= 15 is 0 Å². The number of thiazole rings is 1. The lowest BCUT2D eigenvalue weighted by molar-refractivity contribution is 0.0995. The quantitative estimate of drug-likeness (QED) is 0.735.